The molecule has 164 valence electrons. The molecular weight excluding hydrogens is 437 g/mol. The van der Waals surface area contributed by atoms with E-state index in [1.165, 1.54) is 6.07 Å². The highest BCUT2D eigenvalue weighted by molar-refractivity contribution is 7.11. The summed E-state index contributed by atoms with van der Waals surface area (Å²) in [6.07, 6.45) is 8.04. The van der Waals surface area contributed by atoms with Crippen molar-refractivity contribution in [2.45, 2.75) is 13.3 Å². The smallest absolute Gasteiger partial charge is 0.176 e. The first-order valence-electron chi connectivity index (χ1n) is 10.5. The number of nitrogens with one attached hydrogen (secondary N) is 2. The number of halogens is 1. The summed E-state index contributed by atoms with van der Waals surface area (Å²) in [7, 11) is 1.97. The number of thiophene rings is 1. The van der Waals surface area contributed by atoms with E-state index in [2.05, 4.69) is 31.2 Å². The lowest BCUT2D eigenvalue weighted by molar-refractivity contribution is 0.657. The van der Waals surface area contributed by atoms with E-state index in [9.17, 15) is 4.39 Å². The summed E-state index contributed by atoms with van der Waals surface area (Å²) < 4.78 is 15.8. The molecule has 0 amide bonds. The molecule has 33 heavy (non-hydrogen) atoms. The van der Waals surface area contributed by atoms with Crippen molar-refractivity contribution in [3.63, 3.8) is 0 Å². The molecule has 0 saturated carbocycles. The van der Waals surface area contributed by atoms with Crippen LogP contribution in [0.2, 0.25) is 0 Å². The number of nitrogens with zero attached hydrogens (tertiary/aromatic N) is 4. The molecule has 0 saturated heterocycles. The maximum Gasteiger partial charge on any atom is 0.176 e. The third-order valence-electron chi connectivity index (χ3n) is 6.06. The normalized spacial score (nSPS) is 13.7. The maximum absolute atomic E-state index is 13.8. The summed E-state index contributed by atoms with van der Waals surface area (Å²) in [5.41, 5.74) is 14.1. The highest BCUT2D eigenvalue weighted by Crippen LogP contribution is 2.37. The van der Waals surface area contributed by atoms with E-state index < -0.39 is 0 Å². The Kier molecular flexibility index (Phi) is 4.34. The fourth-order valence-electron chi connectivity index (χ4n) is 4.22. The summed E-state index contributed by atoms with van der Waals surface area (Å²) in [4.78, 5) is 13.3. The first kappa shape index (κ1) is 19.7. The zero-order valence-electron chi connectivity index (χ0n) is 18.0. The van der Waals surface area contributed by atoms with Gasteiger partial charge < -0.3 is 15.3 Å². The van der Waals surface area contributed by atoms with E-state index in [1.54, 1.807) is 12.3 Å². The Morgan fingerprint density at radius 3 is 2.79 bits per heavy atom. The molecule has 9 heteroatoms. The number of allylic oxidation sites excluding steroid dienone is 3. The van der Waals surface area contributed by atoms with Crippen molar-refractivity contribution < 1.29 is 4.39 Å². The molecule has 0 bridgehead atoms. The number of aryl methyl sites for hydroxylation is 1. The molecule has 5 heterocycles. The van der Waals surface area contributed by atoms with Crippen LogP contribution in [-0.4, -0.2) is 29.7 Å². The number of aromatic amines is 2. The van der Waals surface area contributed by atoms with E-state index in [1.807, 2.05) is 43.0 Å². The fraction of sp³-hybridized carbons (Fsp3) is 0.125. The van der Waals surface area contributed by atoms with Gasteiger partial charge in [-0.3, -0.25) is 10.1 Å². The first-order chi connectivity index (χ1) is 16.0. The minimum atomic E-state index is -0.215. The number of hydrogen-bond acceptors (Lipinski definition) is 5. The number of rotatable bonds is 3. The van der Waals surface area contributed by atoms with Gasteiger partial charge in [0.05, 0.1) is 35.0 Å². The molecule has 5 aromatic rings. The van der Waals surface area contributed by atoms with Gasteiger partial charge in [-0.2, -0.15) is 9.49 Å². The molecule has 0 atom stereocenters. The third kappa shape index (κ3) is 3.20. The van der Waals surface area contributed by atoms with E-state index in [0.717, 1.165) is 78.2 Å². The monoisotopic (exact) mass is 457 g/mol. The first-order valence-corrected chi connectivity index (χ1v) is 11.3. The minimum Gasteiger partial charge on any atom is -0.402 e. The van der Waals surface area contributed by atoms with Crippen LogP contribution in [0.5, 0.6) is 0 Å². The van der Waals surface area contributed by atoms with Gasteiger partial charge in [-0.15, -0.1) is 11.3 Å². The largest absolute Gasteiger partial charge is 0.402 e. The predicted molar refractivity (Wildman–Crippen MR) is 128 cm³/mol. The quantitative estimate of drug-likeness (QED) is 0.366. The Morgan fingerprint density at radius 2 is 2.03 bits per heavy atom. The number of nitrogens with two attached hydrogens (primary N) is 1. The topological polar surface area (TPSA) is 101 Å². The number of H-pyrrole nitrogens is 2. The van der Waals surface area contributed by atoms with Crippen LogP contribution in [0.3, 0.4) is 0 Å². The number of pyridine rings is 1. The van der Waals surface area contributed by atoms with Gasteiger partial charge in [0, 0.05) is 46.3 Å². The van der Waals surface area contributed by atoms with E-state index in [0.29, 0.717) is 6.42 Å². The van der Waals surface area contributed by atoms with Gasteiger partial charge in [0.2, 0.25) is 0 Å². The number of hydrogen-bond donors (Lipinski definition) is 3. The zero-order valence-corrected chi connectivity index (χ0v) is 18.8. The van der Waals surface area contributed by atoms with Gasteiger partial charge in [-0.1, -0.05) is 6.08 Å². The number of imidazole rings is 1. The van der Waals surface area contributed by atoms with E-state index >= 15 is 0 Å². The molecule has 5 aromatic heterocycles. The van der Waals surface area contributed by atoms with Crippen LogP contribution in [0.15, 0.2) is 54.5 Å². The van der Waals surface area contributed by atoms with Gasteiger partial charge in [-0.25, -0.2) is 4.98 Å². The Balaban J connectivity index is 1.49. The molecule has 0 aliphatic heterocycles. The van der Waals surface area contributed by atoms with Crippen molar-refractivity contribution in [3.8, 4) is 22.8 Å². The third-order valence-corrected chi connectivity index (χ3v) is 6.97. The molecule has 0 spiro atoms. The molecule has 0 unspecified atom stereocenters. The minimum absolute atomic E-state index is 0.215. The summed E-state index contributed by atoms with van der Waals surface area (Å²) in [6, 6.07) is 7.38. The van der Waals surface area contributed by atoms with E-state index in [4.69, 9.17) is 5.73 Å². The highest BCUT2D eigenvalue weighted by atomic mass is 32.1. The van der Waals surface area contributed by atoms with Crippen LogP contribution >= 0.6 is 11.3 Å². The maximum atomic E-state index is 13.8. The Hall–Kier alpha value is -3.98. The average Bonchev–Trinajstić information content (AvgIpc) is 3.56. The Bertz CT molecular complexity index is 1590. The molecule has 0 radical (unpaired) electrons. The fourth-order valence-corrected chi connectivity index (χ4v) is 4.99. The lowest BCUT2D eigenvalue weighted by Gasteiger charge is -2.03. The van der Waals surface area contributed by atoms with Crippen molar-refractivity contribution in [1.29, 1.82) is 0 Å². The molecular formula is C24H20FN7S. The average molecular weight is 458 g/mol. The molecule has 0 aromatic carbocycles. The van der Waals surface area contributed by atoms with Crippen molar-refractivity contribution in [2.24, 2.45) is 12.8 Å². The molecule has 1 aliphatic carbocycles. The number of aromatic nitrogens is 6. The predicted octanol–water partition coefficient (Wildman–Crippen LogP) is 4.69. The van der Waals surface area contributed by atoms with Gasteiger partial charge in [-0.05, 0) is 37.3 Å². The summed E-state index contributed by atoms with van der Waals surface area (Å²) >= 11 is 1.12. The van der Waals surface area contributed by atoms with Gasteiger partial charge in [0.1, 0.15) is 11.5 Å². The lowest BCUT2D eigenvalue weighted by Crippen LogP contribution is -2.01. The second-order valence-electron chi connectivity index (χ2n) is 8.11. The summed E-state index contributed by atoms with van der Waals surface area (Å²) in [5.74, 6) is 0.919. The van der Waals surface area contributed by atoms with Crippen LogP contribution in [0.1, 0.15) is 22.0 Å². The van der Waals surface area contributed by atoms with Crippen molar-refractivity contribution >= 4 is 27.8 Å². The van der Waals surface area contributed by atoms with Gasteiger partial charge >= 0.3 is 0 Å². The number of fused-ring (bicyclic) bond motifs is 2. The Labute approximate surface area is 192 Å². The van der Waals surface area contributed by atoms with Crippen LogP contribution in [0.25, 0.3) is 39.3 Å². The van der Waals surface area contributed by atoms with Gasteiger partial charge in [0.15, 0.2) is 5.13 Å². The van der Waals surface area contributed by atoms with E-state index in [-0.39, 0.29) is 5.13 Å². The molecule has 6 rings (SSSR count). The van der Waals surface area contributed by atoms with Crippen molar-refractivity contribution in [3.05, 3.63) is 81.6 Å². The van der Waals surface area contributed by atoms with Crippen molar-refractivity contribution in [1.82, 2.24) is 29.7 Å². The molecule has 1 aliphatic rings. The second kappa shape index (κ2) is 7.28. The summed E-state index contributed by atoms with van der Waals surface area (Å²) in [6.45, 7) is 1.96. The standard InChI is InChI=1S/C24H20FN7S/c1-12-27-11-21(32(12)2)18-9-16-20(10-28-18)30-31-24(16)19-8-15-14(22-5-6-23(25)33-22)4-3-13(26)7-17(15)29-19/h3-6,8-11,29H,7,26H2,1-2H3,(H,30,31). The van der Waals surface area contributed by atoms with Crippen LogP contribution in [-0.2, 0) is 13.5 Å². The second-order valence-corrected chi connectivity index (χ2v) is 9.15. The van der Waals surface area contributed by atoms with Crippen LogP contribution in [0.4, 0.5) is 4.39 Å². The zero-order chi connectivity index (χ0) is 22.7. The molecule has 7 nitrogen and oxygen atoms in total. The van der Waals surface area contributed by atoms with Gasteiger partial charge in [0.25, 0.3) is 0 Å². The molecule has 4 N–H and O–H groups in total. The lowest BCUT2D eigenvalue weighted by atomic mass is 10.0. The Morgan fingerprint density at radius 1 is 1.15 bits per heavy atom. The summed E-state index contributed by atoms with van der Waals surface area (Å²) in [5, 5.41) is 8.39. The SMILES string of the molecule is Cc1ncc(-c2cc3c(-c4cc5c([nH]4)CC(N)=CC=C5c4ccc(F)s4)n[nH]c3cn2)n1C. The van der Waals surface area contributed by atoms with Crippen LogP contribution < -0.4 is 5.73 Å². The van der Waals surface area contributed by atoms with Crippen molar-refractivity contribution in [2.75, 3.05) is 0 Å². The molecule has 0 fully saturated rings. The highest BCUT2D eigenvalue weighted by Gasteiger charge is 2.21. The van der Waals surface area contributed by atoms with Crippen LogP contribution in [0, 0.1) is 12.1 Å².